The SMILES string of the molecule is Cc1cccc(C2(C3(CN)CCC3)COC2)c1. The molecular formula is C15H21NO. The number of benzene rings is 1. The second-order valence-corrected chi connectivity index (χ2v) is 5.78. The second kappa shape index (κ2) is 3.82. The zero-order valence-electron chi connectivity index (χ0n) is 10.5. The zero-order valence-corrected chi connectivity index (χ0v) is 10.5. The molecule has 1 aliphatic carbocycles. The highest BCUT2D eigenvalue weighted by Gasteiger charge is 2.58. The molecule has 0 bridgehead atoms. The van der Waals surface area contributed by atoms with Gasteiger partial charge >= 0.3 is 0 Å². The smallest absolute Gasteiger partial charge is 0.0591 e. The van der Waals surface area contributed by atoms with Gasteiger partial charge in [-0.25, -0.2) is 0 Å². The first-order valence-electron chi connectivity index (χ1n) is 6.57. The molecule has 1 aliphatic heterocycles. The van der Waals surface area contributed by atoms with Crippen LogP contribution in [-0.4, -0.2) is 19.8 Å². The van der Waals surface area contributed by atoms with E-state index < -0.39 is 0 Å². The number of nitrogens with two attached hydrogens (primary N) is 1. The first-order valence-corrected chi connectivity index (χ1v) is 6.57. The third-order valence-electron chi connectivity index (χ3n) is 4.98. The van der Waals surface area contributed by atoms with Crippen molar-refractivity contribution in [1.29, 1.82) is 0 Å². The Morgan fingerprint density at radius 2 is 2.06 bits per heavy atom. The van der Waals surface area contributed by atoms with Crippen molar-refractivity contribution < 1.29 is 4.74 Å². The van der Waals surface area contributed by atoms with E-state index in [4.69, 9.17) is 10.5 Å². The van der Waals surface area contributed by atoms with Crippen LogP contribution >= 0.6 is 0 Å². The molecule has 1 saturated heterocycles. The first kappa shape index (κ1) is 11.2. The third-order valence-corrected chi connectivity index (χ3v) is 4.98. The van der Waals surface area contributed by atoms with E-state index in [-0.39, 0.29) is 5.41 Å². The third kappa shape index (κ3) is 1.40. The first-order chi connectivity index (χ1) is 8.22. The van der Waals surface area contributed by atoms with Gasteiger partial charge in [-0.05, 0) is 37.3 Å². The van der Waals surface area contributed by atoms with E-state index in [9.17, 15) is 0 Å². The number of hydrogen-bond acceptors (Lipinski definition) is 2. The quantitative estimate of drug-likeness (QED) is 0.867. The summed E-state index contributed by atoms with van der Waals surface area (Å²) in [7, 11) is 0. The molecule has 0 atom stereocenters. The Balaban J connectivity index is 2.02. The fraction of sp³-hybridized carbons (Fsp3) is 0.600. The Hall–Kier alpha value is -0.860. The Kier molecular flexibility index (Phi) is 2.53. The molecule has 2 nitrogen and oxygen atoms in total. The molecule has 92 valence electrons. The van der Waals surface area contributed by atoms with Gasteiger partial charge in [0.15, 0.2) is 0 Å². The van der Waals surface area contributed by atoms with Crippen LogP contribution in [0.25, 0.3) is 0 Å². The van der Waals surface area contributed by atoms with Gasteiger partial charge in [-0.1, -0.05) is 36.2 Å². The Bertz CT molecular complexity index is 413. The molecule has 0 amide bonds. The fourth-order valence-corrected chi connectivity index (χ4v) is 3.51. The van der Waals surface area contributed by atoms with Gasteiger partial charge in [-0.3, -0.25) is 0 Å². The van der Waals surface area contributed by atoms with Crippen molar-refractivity contribution in [2.24, 2.45) is 11.1 Å². The minimum Gasteiger partial charge on any atom is -0.379 e. The van der Waals surface area contributed by atoms with E-state index in [0.29, 0.717) is 5.41 Å². The van der Waals surface area contributed by atoms with Crippen LogP contribution in [0.1, 0.15) is 30.4 Å². The lowest BCUT2D eigenvalue weighted by Crippen LogP contribution is -2.64. The summed E-state index contributed by atoms with van der Waals surface area (Å²) >= 11 is 0. The highest BCUT2D eigenvalue weighted by Crippen LogP contribution is 2.57. The molecule has 2 heteroatoms. The van der Waals surface area contributed by atoms with Gasteiger partial charge in [0.1, 0.15) is 0 Å². The lowest BCUT2D eigenvalue weighted by molar-refractivity contribution is -0.154. The van der Waals surface area contributed by atoms with Crippen LogP contribution in [0.15, 0.2) is 24.3 Å². The molecule has 2 aliphatic rings. The average Bonchev–Trinajstić information content (AvgIpc) is 2.20. The molecule has 17 heavy (non-hydrogen) atoms. The molecule has 0 aromatic heterocycles. The molecule has 1 saturated carbocycles. The highest BCUT2D eigenvalue weighted by molar-refractivity contribution is 5.36. The fourth-order valence-electron chi connectivity index (χ4n) is 3.51. The van der Waals surface area contributed by atoms with Crippen molar-refractivity contribution >= 4 is 0 Å². The Labute approximate surface area is 103 Å². The normalized spacial score (nSPS) is 24.8. The van der Waals surface area contributed by atoms with Crippen molar-refractivity contribution in [3.05, 3.63) is 35.4 Å². The number of hydrogen-bond donors (Lipinski definition) is 1. The van der Waals surface area contributed by atoms with Gasteiger partial charge in [0.05, 0.1) is 13.2 Å². The summed E-state index contributed by atoms with van der Waals surface area (Å²) in [5.74, 6) is 0. The summed E-state index contributed by atoms with van der Waals surface area (Å²) in [6, 6.07) is 8.89. The summed E-state index contributed by atoms with van der Waals surface area (Å²) in [5.41, 5.74) is 9.36. The monoisotopic (exact) mass is 231 g/mol. The van der Waals surface area contributed by atoms with Gasteiger partial charge in [0, 0.05) is 5.41 Å². The van der Waals surface area contributed by atoms with Gasteiger partial charge < -0.3 is 10.5 Å². The molecule has 1 aromatic rings. The minimum atomic E-state index is 0.200. The van der Waals surface area contributed by atoms with Crippen molar-refractivity contribution in [3.8, 4) is 0 Å². The molecule has 2 N–H and O–H groups in total. The number of rotatable bonds is 3. The average molecular weight is 231 g/mol. The van der Waals surface area contributed by atoms with Crippen molar-refractivity contribution in [2.45, 2.75) is 31.6 Å². The molecular weight excluding hydrogens is 210 g/mol. The molecule has 0 radical (unpaired) electrons. The lowest BCUT2D eigenvalue weighted by atomic mass is 9.49. The van der Waals surface area contributed by atoms with Gasteiger partial charge in [0.25, 0.3) is 0 Å². The van der Waals surface area contributed by atoms with Crippen LogP contribution in [0.3, 0.4) is 0 Å². The van der Waals surface area contributed by atoms with Crippen LogP contribution in [0.4, 0.5) is 0 Å². The van der Waals surface area contributed by atoms with Crippen molar-refractivity contribution in [3.63, 3.8) is 0 Å². The Morgan fingerprint density at radius 1 is 1.29 bits per heavy atom. The minimum absolute atomic E-state index is 0.200. The molecule has 0 unspecified atom stereocenters. The summed E-state index contributed by atoms with van der Waals surface area (Å²) in [5, 5.41) is 0. The summed E-state index contributed by atoms with van der Waals surface area (Å²) in [4.78, 5) is 0. The van der Waals surface area contributed by atoms with E-state index >= 15 is 0 Å². The largest absolute Gasteiger partial charge is 0.379 e. The maximum Gasteiger partial charge on any atom is 0.0591 e. The van der Waals surface area contributed by atoms with Crippen molar-refractivity contribution in [1.82, 2.24) is 0 Å². The lowest BCUT2D eigenvalue weighted by Gasteiger charge is -2.60. The van der Waals surface area contributed by atoms with E-state index in [0.717, 1.165) is 19.8 Å². The molecule has 0 spiro atoms. The van der Waals surface area contributed by atoms with Crippen molar-refractivity contribution in [2.75, 3.05) is 19.8 Å². The predicted octanol–water partition coefficient (Wildman–Crippen LogP) is 2.39. The van der Waals surface area contributed by atoms with Crippen LogP contribution in [-0.2, 0) is 10.2 Å². The van der Waals surface area contributed by atoms with Crippen LogP contribution < -0.4 is 5.73 Å². The molecule has 2 fully saturated rings. The standard InChI is InChI=1S/C15H21NO/c1-12-4-2-5-13(8-12)15(10-17-11-15)14(9-16)6-3-7-14/h2,4-5,8H,3,6-7,9-11,16H2,1H3. The van der Waals surface area contributed by atoms with E-state index in [2.05, 4.69) is 31.2 Å². The van der Waals surface area contributed by atoms with Gasteiger partial charge in [-0.15, -0.1) is 0 Å². The molecule has 3 rings (SSSR count). The van der Waals surface area contributed by atoms with Crippen LogP contribution in [0, 0.1) is 12.3 Å². The summed E-state index contributed by atoms with van der Waals surface area (Å²) in [6.45, 7) is 4.66. The molecule has 1 heterocycles. The van der Waals surface area contributed by atoms with E-state index in [1.807, 2.05) is 0 Å². The summed E-state index contributed by atoms with van der Waals surface area (Å²) in [6.07, 6.45) is 3.85. The predicted molar refractivity (Wildman–Crippen MR) is 69.0 cm³/mol. The van der Waals surface area contributed by atoms with E-state index in [1.54, 1.807) is 0 Å². The maximum absolute atomic E-state index is 6.08. The topological polar surface area (TPSA) is 35.2 Å². The van der Waals surface area contributed by atoms with Crippen LogP contribution in [0.5, 0.6) is 0 Å². The molecule has 1 aromatic carbocycles. The van der Waals surface area contributed by atoms with Crippen LogP contribution in [0.2, 0.25) is 0 Å². The summed E-state index contributed by atoms with van der Waals surface area (Å²) < 4.78 is 5.56. The van der Waals surface area contributed by atoms with Gasteiger partial charge in [0.2, 0.25) is 0 Å². The Morgan fingerprint density at radius 3 is 2.47 bits per heavy atom. The number of aryl methyl sites for hydroxylation is 1. The highest BCUT2D eigenvalue weighted by atomic mass is 16.5. The zero-order chi connectivity index (χ0) is 11.9. The van der Waals surface area contributed by atoms with Gasteiger partial charge in [-0.2, -0.15) is 0 Å². The second-order valence-electron chi connectivity index (χ2n) is 5.78. The maximum atomic E-state index is 6.08. The van der Waals surface area contributed by atoms with E-state index in [1.165, 1.54) is 30.4 Å². The number of ether oxygens (including phenoxy) is 1.